The van der Waals surface area contributed by atoms with Gasteiger partial charge in [0.15, 0.2) is 0 Å². The molecule has 0 spiro atoms. The molecular weight excluding hydrogens is 312 g/mol. The van der Waals surface area contributed by atoms with Crippen molar-refractivity contribution in [3.63, 3.8) is 0 Å². The topological polar surface area (TPSA) is 99.4 Å². The predicted molar refractivity (Wildman–Crippen MR) is 91.8 cm³/mol. The highest BCUT2D eigenvalue weighted by Crippen LogP contribution is 2.29. The van der Waals surface area contributed by atoms with E-state index in [4.69, 9.17) is 19.7 Å². The van der Waals surface area contributed by atoms with E-state index in [2.05, 4.69) is 0 Å². The predicted octanol–water partition coefficient (Wildman–Crippen LogP) is 1.37. The molecule has 2 saturated carbocycles. The lowest BCUT2D eigenvalue weighted by molar-refractivity contribution is -0.0938. The highest BCUT2D eigenvalue weighted by molar-refractivity contribution is 4.83. The molecule has 0 bridgehead atoms. The zero-order valence-electron chi connectivity index (χ0n) is 15.1. The lowest BCUT2D eigenvalue weighted by atomic mass is 10.2. The fraction of sp³-hybridized carbons (Fsp3) is 1.00. The Labute approximate surface area is 145 Å². The molecule has 0 aromatic rings. The summed E-state index contributed by atoms with van der Waals surface area (Å²) in [7, 11) is 0. The zero-order chi connectivity index (χ0) is 17.9. The van der Waals surface area contributed by atoms with E-state index in [1.54, 1.807) is 0 Å². The van der Waals surface area contributed by atoms with Gasteiger partial charge in [0.25, 0.3) is 0 Å². The third-order valence-corrected chi connectivity index (χ3v) is 4.75. The van der Waals surface area contributed by atoms with Crippen LogP contribution in [0.25, 0.3) is 0 Å². The van der Waals surface area contributed by atoms with Crippen molar-refractivity contribution in [2.24, 2.45) is 0 Å². The summed E-state index contributed by atoms with van der Waals surface area (Å²) in [6.45, 7) is 4.44. The van der Waals surface area contributed by atoms with E-state index >= 15 is 0 Å². The van der Waals surface area contributed by atoms with E-state index < -0.39 is 0 Å². The van der Waals surface area contributed by atoms with Gasteiger partial charge in [-0.25, -0.2) is 0 Å². The van der Waals surface area contributed by atoms with Crippen LogP contribution in [-0.2, 0) is 9.47 Å². The Morgan fingerprint density at radius 3 is 1.50 bits per heavy atom. The fourth-order valence-corrected chi connectivity index (χ4v) is 2.93. The third-order valence-electron chi connectivity index (χ3n) is 4.75. The largest absolute Gasteiger partial charge is 0.391 e. The molecular formula is C18H36O6. The monoisotopic (exact) mass is 348 g/mol. The van der Waals surface area contributed by atoms with Crippen molar-refractivity contribution in [1.82, 2.24) is 0 Å². The van der Waals surface area contributed by atoms with Crippen LogP contribution in [0.15, 0.2) is 0 Å². The van der Waals surface area contributed by atoms with Crippen molar-refractivity contribution in [2.45, 2.75) is 102 Å². The minimum Gasteiger partial charge on any atom is -0.391 e. The Kier molecular flexibility index (Phi) is 11.1. The molecule has 0 radical (unpaired) electrons. The van der Waals surface area contributed by atoms with Crippen molar-refractivity contribution in [1.29, 1.82) is 0 Å². The van der Waals surface area contributed by atoms with Gasteiger partial charge in [-0.15, -0.1) is 0 Å². The summed E-state index contributed by atoms with van der Waals surface area (Å²) in [6.07, 6.45) is 5.69. The Hall–Kier alpha value is -0.240. The molecule has 2 rings (SSSR count). The number of aliphatic hydroxyl groups excluding tert-OH is 4. The molecule has 0 aliphatic heterocycles. The minimum absolute atomic E-state index is 0.0160. The summed E-state index contributed by atoms with van der Waals surface area (Å²) in [6, 6.07) is 0. The van der Waals surface area contributed by atoms with E-state index in [-0.39, 0.29) is 36.6 Å². The van der Waals surface area contributed by atoms with E-state index in [1.165, 1.54) is 0 Å². The van der Waals surface area contributed by atoms with E-state index in [0.29, 0.717) is 26.1 Å². The van der Waals surface area contributed by atoms with Crippen LogP contribution in [0.2, 0.25) is 0 Å². The number of ether oxygens (including phenoxy) is 2. The van der Waals surface area contributed by atoms with Gasteiger partial charge in [-0.05, 0) is 51.4 Å². The average molecular weight is 348 g/mol. The Morgan fingerprint density at radius 2 is 1.21 bits per heavy atom. The standard InChI is InChI=1S/C10H18O3.C8H18O3/c11-7-3-1-5-9(7)13-10-6-2-4-8(10)12;1-3-7(9)5-11-6-8(10)4-2/h7-12H,1-6H2;7-10H,3-6H2,1-2H3. The molecule has 2 aliphatic rings. The summed E-state index contributed by atoms with van der Waals surface area (Å²) >= 11 is 0. The molecule has 6 nitrogen and oxygen atoms in total. The van der Waals surface area contributed by atoms with Crippen LogP contribution < -0.4 is 0 Å². The first kappa shape index (κ1) is 21.8. The normalized spacial score (nSPS) is 32.2. The molecule has 144 valence electrons. The zero-order valence-corrected chi connectivity index (χ0v) is 15.1. The number of hydrogen-bond donors (Lipinski definition) is 4. The first-order chi connectivity index (χ1) is 11.5. The van der Waals surface area contributed by atoms with Crippen LogP contribution in [0, 0.1) is 0 Å². The van der Waals surface area contributed by atoms with Gasteiger partial charge in [-0.2, -0.15) is 0 Å². The van der Waals surface area contributed by atoms with Gasteiger partial charge in [0, 0.05) is 0 Å². The second-order valence-electron chi connectivity index (χ2n) is 6.87. The number of rotatable bonds is 8. The maximum Gasteiger partial charge on any atom is 0.0839 e. The molecule has 0 aromatic carbocycles. The molecule has 6 unspecified atom stereocenters. The molecule has 0 heterocycles. The summed E-state index contributed by atoms with van der Waals surface area (Å²) in [5, 5.41) is 37.1. The molecule has 6 heteroatoms. The van der Waals surface area contributed by atoms with Crippen LogP contribution in [0.5, 0.6) is 0 Å². The minimum atomic E-state index is -0.390. The van der Waals surface area contributed by atoms with Crippen molar-refractivity contribution in [3.8, 4) is 0 Å². The summed E-state index contributed by atoms with van der Waals surface area (Å²) < 4.78 is 10.7. The van der Waals surface area contributed by atoms with E-state index in [0.717, 1.165) is 38.5 Å². The molecule has 0 amide bonds. The van der Waals surface area contributed by atoms with Crippen molar-refractivity contribution < 1.29 is 29.9 Å². The smallest absolute Gasteiger partial charge is 0.0839 e. The van der Waals surface area contributed by atoms with Crippen LogP contribution in [0.1, 0.15) is 65.2 Å². The van der Waals surface area contributed by atoms with E-state index in [9.17, 15) is 10.2 Å². The first-order valence-corrected chi connectivity index (χ1v) is 9.43. The van der Waals surface area contributed by atoms with Crippen LogP contribution in [-0.4, -0.2) is 70.3 Å². The Morgan fingerprint density at radius 1 is 0.792 bits per heavy atom. The van der Waals surface area contributed by atoms with Gasteiger partial charge < -0.3 is 29.9 Å². The third kappa shape index (κ3) is 8.23. The molecule has 24 heavy (non-hydrogen) atoms. The van der Waals surface area contributed by atoms with Gasteiger partial charge in [0.05, 0.1) is 49.8 Å². The van der Waals surface area contributed by atoms with Crippen molar-refractivity contribution in [3.05, 3.63) is 0 Å². The molecule has 2 fully saturated rings. The summed E-state index contributed by atoms with van der Waals surface area (Å²) in [5.41, 5.74) is 0. The van der Waals surface area contributed by atoms with Gasteiger partial charge in [-0.3, -0.25) is 0 Å². The summed E-state index contributed by atoms with van der Waals surface area (Å²) in [5.74, 6) is 0. The van der Waals surface area contributed by atoms with Crippen LogP contribution in [0.3, 0.4) is 0 Å². The number of aliphatic hydroxyl groups is 4. The maximum absolute atomic E-state index is 9.53. The van der Waals surface area contributed by atoms with Gasteiger partial charge >= 0.3 is 0 Å². The fourth-order valence-electron chi connectivity index (χ4n) is 2.93. The highest BCUT2D eigenvalue weighted by Gasteiger charge is 2.33. The lowest BCUT2D eigenvalue weighted by Gasteiger charge is -2.22. The number of hydrogen-bond acceptors (Lipinski definition) is 6. The van der Waals surface area contributed by atoms with Gasteiger partial charge in [0.1, 0.15) is 0 Å². The van der Waals surface area contributed by atoms with Crippen LogP contribution in [0.4, 0.5) is 0 Å². The second kappa shape index (κ2) is 12.2. The van der Waals surface area contributed by atoms with Crippen molar-refractivity contribution in [2.75, 3.05) is 13.2 Å². The Bertz CT molecular complexity index is 286. The van der Waals surface area contributed by atoms with Crippen LogP contribution >= 0.6 is 0 Å². The van der Waals surface area contributed by atoms with E-state index in [1.807, 2.05) is 13.8 Å². The average Bonchev–Trinajstić information content (AvgIpc) is 3.17. The maximum atomic E-state index is 9.53. The van der Waals surface area contributed by atoms with Crippen molar-refractivity contribution >= 4 is 0 Å². The SMILES string of the molecule is CCC(O)COCC(O)CC.OC1CCCC1OC1CCCC1O. The first-order valence-electron chi connectivity index (χ1n) is 9.43. The molecule has 2 aliphatic carbocycles. The van der Waals surface area contributed by atoms with Gasteiger partial charge in [-0.1, -0.05) is 13.8 Å². The quantitative estimate of drug-likeness (QED) is 0.529. The lowest BCUT2D eigenvalue weighted by Crippen LogP contribution is -2.32. The second-order valence-corrected chi connectivity index (χ2v) is 6.87. The highest BCUT2D eigenvalue weighted by atomic mass is 16.5. The molecule has 4 N–H and O–H groups in total. The molecule has 0 saturated heterocycles. The Balaban J connectivity index is 0.000000245. The molecule has 6 atom stereocenters. The summed E-state index contributed by atoms with van der Waals surface area (Å²) in [4.78, 5) is 0. The molecule has 0 aromatic heterocycles. The van der Waals surface area contributed by atoms with Gasteiger partial charge in [0.2, 0.25) is 0 Å².